The molecule has 0 aromatic carbocycles. The summed E-state index contributed by atoms with van der Waals surface area (Å²) in [4.78, 5) is 14.2. The van der Waals surface area contributed by atoms with Crippen molar-refractivity contribution < 1.29 is 4.79 Å². The fraction of sp³-hybridized carbons (Fsp3) is 0.929. The summed E-state index contributed by atoms with van der Waals surface area (Å²) in [5, 5.41) is 6.35. The maximum absolute atomic E-state index is 11.7. The zero-order valence-corrected chi connectivity index (χ0v) is 11.7. The third-order valence-corrected chi connectivity index (χ3v) is 4.18. The molecule has 1 unspecified atom stereocenters. The van der Waals surface area contributed by atoms with Crippen LogP contribution in [-0.4, -0.2) is 49.1 Å². The third-order valence-electron chi connectivity index (χ3n) is 4.18. The first-order valence-electron chi connectivity index (χ1n) is 7.41. The molecule has 2 saturated carbocycles. The summed E-state index contributed by atoms with van der Waals surface area (Å²) in [6.45, 7) is 3.88. The van der Waals surface area contributed by atoms with Crippen molar-refractivity contribution >= 4 is 5.91 Å². The van der Waals surface area contributed by atoms with E-state index in [-0.39, 0.29) is 11.9 Å². The van der Waals surface area contributed by atoms with Gasteiger partial charge in [-0.05, 0) is 39.7 Å². The summed E-state index contributed by atoms with van der Waals surface area (Å²) in [5.74, 6) is 0.154. The van der Waals surface area contributed by atoms with E-state index in [0.29, 0.717) is 6.04 Å². The summed E-state index contributed by atoms with van der Waals surface area (Å²) in [5.41, 5.74) is 0. The van der Waals surface area contributed by atoms with E-state index < -0.39 is 0 Å². The van der Waals surface area contributed by atoms with E-state index in [1.165, 1.54) is 25.7 Å². The van der Waals surface area contributed by atoms with Gasteiger partial charge in [-0.25, -0.2) is 0 Å². The number of rotatable bonds is 7. The van der Waals surface area contributed by atoms with Crippen molar-refractivity contribution in [2.24, 2.45) is 0 Å². The van der Waals surface area contributed by atoms with Crippen LogP contribution >= 0.6 is 0 Å². The summed E-state index contributed by atoms with van der Waals surface area (Å²) < 4.78 is 0. The molecule has 1 atom stereocenters. The maximum atomic E-state index is 11.7. The van der Waals surface area contributed by atoms with Crippen LogP contribution < -0.4 is 10.6 Å². The normalized spacial score (nSPS) is 22.4. The van der Waals surface area contributed by atoms with Gasteiger partial charge < -0.3 is 15.5 Å². The third kappa shape index (κ3) is 4.25. The second-order valence-electron chi connectivity index (χ2n) is 5.88. The number of carbonyl (C=O) groups is 1. The number of nitrogens with one attached hydrogen (secondary N) is 2. The molecule has 0 aliphatic heterocycles. The summed E-state index contributed by atoms with van der Waals surface area (Å²) >= 11 is 0. The quantitative estimate of drug-likeness (QED) is 0.714. The van der Waals surface area contributed by atoms with Gasteiger partial charge in [0, 0.05) is 25.2 Å². The molecule has 104 valence electrons. The molecule has 2 N–H and O–H groups in total. The first-order chi connectivity index (χ1) is 8.66. The number of nitrogens with zero attached hydrogens (tertiary/aromatic N) is 1. The average Bonchev–Trinajstić information content (AvgIpc) is 2.98. The van der Waals surface area contributed by atoms with Crippen LogP contribution in [0.2, 0.25) is 0 Å². The molecular weight excluding hydrogens is 226 g/mol. The van der Waals surface area contributed by atoms with Crippen LogP contribution in [0.1, 0.15) is 45.4 Å². The smallest absolute Gasteiger partial charge is 0.237 e. The highest BCUT2D eigenvalue weighted by molar-refractivity contribution is 5.81. The molecule has 0 heterocycles. The Balaban J connectivity index is 1.57. The van der Waals surface area contributed by atoms with E-state index >= 15 is 0 Å². The Labute approximate surface area is 110 Å². The van der Waals surface area contributed by atoms with Crippen LogP contribution in [0, 0.1) is 0 Å². The maximum Gasteiger partial charge on any atom is 0.237 e. The zero-order valence-electron chi connectivity index (χ0n) is 11.7. The molecule has 2 rings (SSSR count). The van der Waals surface area contributed by atoms with Crippen LogP contribution in [0.4, 0.5) is 0 Å². The van der Waals surface area contributed by atoms with Gasteiger partial charge in [0.25, 0.3) is 0 Å². The zero-order chi connectivity index (χ0) is 13.0. The van der Waals surface area contributed by atoms with Gasteiger partial charge in [0.05, 0.1) is 6.04 Å². The number of hydrogen-bond donors (Lipinski definition) is 2. The van der Waals surface area contributed by atoms with Gasteiger partial charge in [-0.2, -0.15) is 0 Å². The van der Waals surface area contributed by atoms with Crippen molar-refractivity contribution in [2.75, 3.05) is 20.1 Å². The van der Waals surface area contributed by atoms with Crippen LogP contribution in [-0.2, 0) is 4.79 Å². The molecule has 1 amide bonds. The molecule has 4 nitrogen and oxygen atoms in total. The molecule has 0 saturated heterocycles. The molecule has 2 aliphatic carbocycles. The van der Waals surface area contributed by atoms with E-state index in [2.05, 4.69) is 22.6 Å². The standard InChI is InChI=1S/C14H27N3O/c1-11(14(18)16-12-7-8-12)15-9-10-17(2)13-5-3-4-6-13/h11-13,15H,3-10H2,1-2H3,(H,16,18). The van der Waals surface area contributed by atoms with E-state index in [1.54, 1.807) is 0 Å². The minimum atomic E-state index is -0.0671. The fourth-order valence-electron chi connectivity index (χ4n) is 2.63. The monoisotopic (exact) mass is 253 g/mol. The van der Waals surface area contributed by atoms with E-state index in [1.807, 2.05) is 6.92 Å². The van der Waals surface area contributed by atoms with Crippen LogP contribution in [0.5, 0.6) is 0 Å². The first kappa shape index (κ1) is 13.8. The Kier molecular flexibility index (Phi) is 5.01. The summed E-state index contributed by atoms with van der Waals surface area (Å²) in [6, 6.07) is 1.16. The Morgan fingerprint density at radius 1 is 1.28 bits per heavy atom. The Morgan fingerprint density at radius 3 is 2.56 bits per heavy atom. The van der Waals surface area contributed by atoms with Crippen LogP contribution in [0.3, 0.4) is 0 Å². The lowest BCUT2D eigenvalue weighted by molar-refractivity contribution is -0.122. The van der Waals surface area contributed by atoms with Gasteiger partial charge in [0.15, 0.2) is 0 Å². The molecule has 0 bridgehead atoms. The van der Waals surface area contributed by atoms with Crippen molar-refractivity contribution in [1.29, 1.82) is 0 Å². The lowest BCUT2D eigenvalue weighted by Gasteiger charge is -2.24. The van der Waals surface area contributed by atoms with Crippen molar-refractivity contribution in [1.82, 2.24) is 15.5 Å². The molecule has 2 aliphatic rings. The lowest BCUT2D eigenvalue weighted by Crippen LogP contribution is -2.45. The largest absolute Gasteiger partial charge is 0.352 e. The molecule has 2 fully saturated rings. The molecule has 0 aromatic heterocycles. The highest BCUT2D eigenvalue weighted by Gasteiger charge is 2.25. The van der Waals surface area contributed by atoms with Gasteiger partial charge in [0.2, 0.25) is 5.91 Å². The second kappa shape index (κ2) is 6.53. The van der Waals surface area contributed by atoms with Crippen molar-refractivity contribution in [3.63, 3.8) is 0 Å². The van der Waals surface area contributed by atoms with Gasteiger partial charge in [-0.3, -0.25) is 4.79 Å². The minimum absolute atomic E-state index is 0.0671. The van der Waals surface area contributed by atoms with E-state index in [9.17, 15) is 4.79 Å². The van der Waals surface area contributed by atoms with E-state index in [4.69, 9.17) is 0 Å². The highest BCUT2D eigenvalue weighted by Crippen LogP contribution is 2.21. The Hall–Kier alpha value is -0.610. The van der Waals surface area contributed by atoms with Crippen molar-refractivity contribution in [2.45, 2.75) is 63.6 Å². The molecule has 0 aromatic rings. The topological polar surface area (TPSA) is 44.4 Å². The number of carbonyl (C=O) groups excluding carboxylic acids is 1. The van der Waals surface area contributed by atoms with Crippen LogP contribution in [0.25, 0.3) is 0 Å². The lowest BCUT2D eigenvalue weighted by atomic mass is 10.2. The van der Waals surface area contributed by atoms with Gasteiger partial charge in [0.1, 0.15) is 0 Å². The highest BCUT2D eigenvalue weighted by atomic mass is 16.2. The van der Waals surface area contributed by atoms with Crippen molar-refractivity contribution in [3.8, 4) is 0 Å². The number of likely N-dealkylation sites (N-methyl/N-ethyl adjacent to an activating group) is 1. The average molecular weight is 253 g/mol. The number of amides is 1. The number of hydrogen-bond acceptors (Lipinski definition) is 3. The summed E-state index contributed by atoms with van der Waals surface area (Å²) in [6.07, 6.45) is 7.75. The molecule has 0 spiro atoms. The molecule has 4 heteroatoms. The summed E-state index contributed by atoms with van der Waals surface area (Å²) in [7, 11) is 2.20. The van der Waals surface area contributed by atoms with Gasteiger partial charge in [-0.1, -0.05) is 12.8 Å². The SMILES string of the molecule is CC(NCCN(C)C1CCCC1)C(=O)NC1CC1. The second-order valence-corrected chi connectivity index (χ2v) is 5.88. The minimum Gasteiger partial charge on any atom is -0.352 e. The predicted octanol–water partition coefficient (Wildman–Crippen LogP) is 1.12. The van der Waals surface area contributed by atoms with E-state index in [0.717, 1.165) is 32.0 Å². The molecule has 0 radical (unpaired) electrons. The first-order valence-corrected chi connectivity index (χ1v) is 7.41. The van der Waals surface area contributed by atoms with Crippen molar-refractivity contribution in [3.05, 3.63) is 0 Å². The van der Waals surface area contributed by atoms with Gasteiger partial charge >= 0.3 is 0 Å². The molecular formula is C14H27N3O. The Morgan fingerprint density at radius 2 is 1.94 bits per heavy atom. The molecule has 18 heavy (non-hydrogen) atoms. The fourth-order valence-corrected chi connectivity index (χ4v) is 2.63. The predicted molar refractivity (Wildman–Crippen MR) is 73.5 cm³/mol. The van der Waals surface area contributed by atoms with Gasteiger partial charge in [-0.15, -0.1) is 0 Å². The Bertz CT molecular complexity index is 272. The van der Waals surface area contributed by atoms with Crippen LogP contribution in [0.15, 0.2) is 0 Å².